The van der Waals surface area contributed by atoms with Crippen LogP contribution in [0.25, 0.3) is 0 Å². The van der Waals surface area contributed by atoms with Gasteiger partial charge in [0.25, 0.3) is 0 Å². The van der Waals surface area contributed by atoms with Crippen LogP contribution in [0.2, 0.25) is 0 Å². The van der Waals surface area contributed by atoms with Gasteiger partial charge >= 0.3 is 5.97 Å². The van der Waals surface area contributed by atoms with Crippen LogP contribution in [0.15, 0.2) is 0 Å². The number of hydrogen-bond acceptors (Lipinski definition) is 6. The smallest absolute Gasteiger partial charge is 0.322 e. The van der Waals surface area contributed by atoms with Crippen molar-refractivity contribution in [3.05, 3.63) is 0 Å². The first-order valence-corrected chi connectivity index (χ1v) is 7.68. The zero-order valence-electron chi connectivity index (χ0n) is 14.3. The second-order valence-corrected chi connectivity index (χ2v) is 5.62. The van der Waals surface area contributed by atoms with Gasteiger partial charge in [-0.1, -0.05) is 13.8 Å². The summed E-state index contributed by atoms with van der Waals surface area (Å²) < 4.78 is 0. The molecule has 11 nitrogen and oxygen atoms in total. The summed E-state index contributed by atoms with van der Waals surface area (Å²) in [7, 11) is 0. The van der Waals surface area contributed by atoms with Crippen molar-refractivity contribution in [3.63, 3.8) is 0 Å². The Hall–Kier alpha value is -2.69. The predicted octanol–water partition coefficient (Wildman–Crippen LogP) is -3.09. The van der Waals surface area contributed by atoms with Crippen LogP contribution < -0.4 is 27.0 Å². The van der Waals surface area contributed by atoms with E-state index in [1.807, 2.05) is 13.8 Å². The Morgan fingerprint density at radius 2 is 1.44 bits per heavy atom. The fourth-order valence-corrected chi connectivity index (χ4v) is 1.73. The van der Waals surface area contributed by atoms with Gasteiger partial charge in [-0.2, -0.15) is 0 Å². The van der Waals surface area contributed by atoms with Crippen LogP contribution in [0.3, 0.4) is 0 Å². The summed E-state index contributed by atoms with van der Waals surface area (Å²) in [5, 5.41) is 17.7. The molecule has 0 saturated heterocycles. The minimum atomic E-state index is -1.20. The maximum atomic E-state index is 11.9. The van der Waals surface area contributed by atoms with Gasteiger partial charge in [0.2, 0.25) is 23.6 Å². The van der Waals surface area contributed by atoms with Gasteiger partial charge in [0.15, 0.2) is 0 Å². The quantitative estimate of drug-likeness (QED) is 0.226. The number of carboxylic acids is 1. The summed E-state index contributed by atoms with van der Waals surface area (Å²) in [6, 6.07) is -0.916. The summed E-state index contributed by atoms with van der Waals surface area (Å²) in [6.07, 6.45) is 0.303. The Balaban J connectivity index is 4.41. The monoisotopic (exact) mass is 359 g/mol. The van der Waals surface area contributed by atoms with Gasteiger partial charge in [-0.05, 0) is 12.3 Å². The first-order chi connectivity index (χ1) is 11.6. The molecule has 0 heterocycles. The lowest BCUT2D eigenvalue weighted by Crippen LogP contribution is -2.51. The standard InChI is InChI=1S/C14H25N5O6/c1-8(2)3-9(14(25)18-7-13(23)24)19-12(22)6-17-11(21)5-16-10(20)4-15/h8-9H,3-7,15H2,1-2H3,(H,16,20)(H,17,21)(H,18,25)(H,19,22)(H,23,24)/t9-/m0/s1. The molecule has 1 atom stereocenters. The van der Waals surface area contributed by atoms with Gasteiger partial charge in [-0.25, -0.2) is 0 Å². The zero-order valence-corrected chi connectivity index (χ0v) is 14.3. The first-order valence-electron chi connectivity index (χ1n) is 7.68. The van der Waals surface area contributed by atoms with E-state index in [9.17, 15) is 24.0 Å². The van der Waals surface area contributed by atoms with Crippen molar-refractivity contribution in [1.82, 2.24) is 21.3 Å². The second-order valence-electron chi connectivity index (χ2n) is 5.62. The highest BCUT2D eigenvalue weighted by Crippen LogP contribution is 2.04. The Labute approximate surface area is 145 Å². The number of carbonyl (C=O) groups is 5. The number of nitrogens with two attached hydrogens (primary N) is 1. The van der Waals surface area contributed by atoms with Crippen LogP contribution in [0, 0.1) is 5.92 Å². The van der Waals surface area contributed by atoms with Crippen LogP contribution in [-0.4, -0.2) is 66.9 Å². The molecule has 0 unspecified atom stereocenters. The Kier molecular flexibility index (Phi) is 10.5. The van der Waals surface area contributed by atoms with E-state index in [1.54, 1.807) is 0 Å². The third-order valence-electron chi connectivity index (χ3n) is 2.85. The number of aliphatic carboxylic acids is 1. The summed E-state index contributed by atoms with van der Waals surface area (Å²) in [5.74, 6) is -3.46. The van der Waals surface area contributed by atoms with Gasteiger partial charge in [-0.3, -0.25) is 24.0 Å². The third kappa shape index (κ3) is 11.5. The molecule has 0 aromatic heterocycles. The molecule has 0 spiro atoms. The molecule has 7 N–H and O–H groups in total. The molecule has 4 amide bonds. The van der Waals surface area contributed by atoms with Crippen molar-refractivity contribution < 1.29 is 29.1 Å². The highest BCUT2D eigenvalue weighted by atomic mass is 16.4. The fraction of sp³-hybridized carbons (Fsp3) is 0.643. The number of hydrogen-bond donors (Lipinski definition) is 6. The average molecular weight is 359 g/mol. The molecule has 0 radical (unpaired) electrons. The molecular formula is C14H25N5O6. The van der Waals surface area contributed by atoms with Crippen molar-refractivity contribution in [2.75, 3.05) is 26.2 Å². The molecular weight excluding hydrogens is 334 g/mol. The van der Waals surface area contributed by atoms with Crippen LogP contribution in [0.5, 0.6) is 0 Å². The van der Waals surface area contributed by atoms with Gasteiger partial charge in [0.05, 0.1) is 19.6 Å². The number of carbonyl (C=O) groups excluding carboxylic acids is 4. The van der Waals surface area contributed by atoms with Crippen molar-refractivity contribution in [1.29, 1.82) is 0 Å². The largest absolute Gasteiger partial charge is 0.480 e. The van der Waals surface area contributed by atoms with Crippen LogP contribution >= 0.6 is 0 Å². The molecule has 0 aromatic carbocycles. The molecule has 142 valence electrons. The van der Waals surface area contributed by atoms with Crippen LogP contribution in [-0.2, 0) is 24.0 Å². The van der Waals surface area contributed by atoms with Gasteiger partial charge in [-0.15, -0.1) is 0 Å². The summed E-state index contributed by atoms with van der Waals surface area (Å²) >= 11 is 0. The highest BCUT2D eigenvalue weighted by Gasteiger charge is 2.22. The molecule has 0 aliphatic rings. The van der Waals surface area contributed by atoms with Crippen LogP contribution in [0.4, 0.5) is 0 Å². The Bertz CT molecular complexity index is 508. The maximum absolute atomic E-state index is 11.9. The van der Waals surface area contributed by atoms with E-state index in [0.717, 1.165) is 0 Å². The number of rotatable bonds is 11. The topological polar surface area (TPSA) is 180 Å². The number of carboxylic acid groups (broad SMARTS) is 1. The normalized spacial score (nSPS) is 11.4. The minimum absolute atomic E-state index is 0.0712. The van der Waals surface area contributed by atoms with Crippen molar-refractivity contribution >= 4 is 29.6 Å². The zero-order chi connectivity index (χ0) is 19.4. The highest BCUT2D eigenvalue weighted by molar-refractivity contribution is 5.92. The molecule has 0 saturated carbocycles. The van der Waals surface area contributed by atoms with Gasteiger partial charge in [0.1, 0.15) is 12.6 Å². The van der Waals surface area contributed by atoms with E-state index >= 15 is 0 Å². The van der Waals surface area contributed by atoms with Gasteiger partial charge < -0.3 is 32.1 Å². The fourth-order valence-electron chi connectivity index (χ4n) is 1.73. The van der Waals surface area contributed by atoms with Gasteiger partial charge in [0, 0.05) is 0 Å². The molecule has 0 rings (SSSR count). The molecule has 0 aliphatic heterocycles. The van der Waals surface area contributed by atoms with Crippen molar-refractivity contribution in [2.45, 2.75) is 26.3 Å². The van der Waals surface area contributed by atoms with E-state index in [0.29, 0.717) is 6.42 Å². The molecule has 0 bridgehead atoms. The van der Waals surface area contributed by atoms with E-state index in [-0.39, 0.29) is 19.0 Å². The number of amides is 4. The molecule has 25 heavy (non-hydrogen) atoms. The Morgan fingerprint density at radius 1 is 0.880 bits per heavy atom. The molecule has 0 aromatic rings. The first kappa shape index (κ1) is 22.3. The summed E-state index contributed by atoms with van der Waals surface area (Å²) in [6.45, 7) is 2.16. The minimum Gasteiger partial charge on any atom is -0.480 e. The number of nitrogens with one attached hydrogen (secondary N) is 4. The third-order valence-corrected chi connectivity index (χ3v) is 2.85. The molecule has 11 heteroatoms. The lowest BCUT2D eigenvalue weighted by atomic mass is 10.0. The van der Waals surface area contributed by atoms with Crippen molar-refractivity contribution in [3.8, 4) is 0 Å². The summed E-state index contributed by atoms with van der Waals surface area (Å²) in [4.78, 5) is 56.6. The van der Waals surface area contributed by atoms with E-state index in [4.69, 9.17) is 10.8 Å². The SMILES string of the molecule is CC(C)C[C@H](NC(=O)CNC(=O)CNC(=O)CN)C(=O)NCC(=O)O. The maximum Gasteiger partial charge on any atom is 0.322 e. The van der Waals surface area contributed by atoms with Crippen LogP contribution in [0.1, 0.15) is 20.3 Å². The lowest BCUT2D eigenvalue weighted by molar-refractivity contribution is -0.138. The second kappa shape index (κ2) is 11.8. The van der Waals surface area contributed by atoms with Crippen molar-refractivity contribution in [2.24, 2.45) is 11.7 Å². The molecule has 0 aliphatic carbocycles. The lowest BCUT2D eigenvalue weighted by Gasteiger charge is -2.20. The van der Waals surface area contributed by atoms with E-state index in [2.05, 4.69) is 21.3 Å². The predicted molar refractivity (Wildman–Crippen MR) is 87.1 cm³/mol. The van der Waals surface area contributed by atoms with E-state index in [1.165, 1.54) is 0 Å². The average Bonchev–Trinajstić information content (AvgIpc) is 2.54. The summed E-state index contributed by atoms with van der Waals surface area (Å²) in [5.41, 5.74) is 5.06. The van der Waals surface area contributed by atoms with E-state index < -0.39 is 48.7 Å². The molecule has 0 fully saturated rings. The Morgan fingerprint density at radius 3 is 1.96 bits per heavy atom.